The number of aromatic amines is 1. The lowest BCUT2D eigenvalue weighted by Gasteiger charge is -2.18. The smallest absolute Gasteiger partial charge is 0.218 e. The molecule has 1 saturated carbocycles. The number of nitrogens with zero attached hydrogens (tertiary/aromatic N) is 3. The van der Waals surface area contributed by atoms with Crippen LogP contribution < -0.4 is 0 Å². The predicted octanol–water partition coefficient (Wildman–Crippen LogP) is 3.12. The van der Waals surface area contributed by atoms with Gasteiger partial charge in [0.1, 0.15) is 5.82 Å². The number of aryl methyl sites for hydroxylation is 2. The van der Waals surface area contributed by atoms with Crippen molar-refractivity contribution >= 4 is 0 Å². The molecule has 2 aromatic heterocycles. The van der Waals surface area contributed by atoms with Crippen molar-refractivity contribution in [3.63, 3.8) is 0 Å². The van der Waals surface area contributed by atoms with Crippen LogP contribution in [-0.2, 0) is 0 Å². The van der Waals surface area contributed by atoms with E-state index in [0.29, 0.717) is 23.4 Å². The Bertz CT molecular complexity index is 537. The standard InChI is InChI=1S/C13H18N4O/c1-8-11(18-9(2)14-8)13-15-12(16-17-13)10-6-4-3-5-7-10/h10H,3-7H2,1-2H3,(H,15,16,17). The Labute approximate surface area is 106 Å². The first-order valence-corrected chi connectivity index (χ1v) is 6.61. The van der Waals surface area contributed by atoms with E-state index in [2.05, 4.69) is 20.2 Å². The fraction of sp³-hybridized carbons (Fsp3) is 0.615. The highest BCUT2D eigenvalue weighted by Gasteiger charge is 2.21. The molecule has 0 radical (unpaired) electrons. The molecule has 18 heavy (non-hydrogen) atoms. The maximum Gasteiger partial charge on any atom is 0.218 e. The minimum Gasteiger partial charge on any atom is -0.437 e. The molecular formula is C13H18N4O. The number of nitrogens with one attached hydrogen (secondary N) is 1. The van der Waals surface area contributed by atoms with Gasteiger partial charge < -0.3 is 4.42 Å². The lowest BCUT2D eigenvalue weighted by molar-refractivity contribution is 0.429. The van der Waals surface area contributed by atoms with Crippen LogP contribution in [0.15, 0.2) is 4.42 Å². The van der Waals surface area contributed by atoms with Crippen molar-refractivity contribution in [1.82, 2.24) is 20.2 Å². The zero-order valence-electron chi connectivity index (χ0n) is 10.9. The highest BCUT2D eigenvalue weighted by atomic mass is 16.4. The average molecular weight is 246 g/mol. The van der Waals surface area contributed by atoms with Gasteiger partial charge in [0.2, 0.25) is 5.82 Å². The third kappa shape index (κ3) is 2.05. The molecule has 0 saturated heterocycles. The van der Waals surface area contributed by atoms with Gasteiger partial charge in [-0.1, -0.05) is 19.3 Å². The van der Waals surface area contributed by atoms with Gasteiger partial charge in [0, 0.05) is 12.8 Å². The maximum absolute atomic E-state index is 5.54. The van der Waals surface area contributed by atoms with Gasteiger partial charge in [-0.15, -0.1) is 5.10 Å². The van der Waals surface area contributed by atoms with Gasteiger partial charge in [-0.3, -0.25) is 5.10 Å². The first-order valence-electron chi connectivity index (χ1n) is 6.61. The van der Waals surface area contributed by atoms with Gasteiger partial charge >= 0.3 is 0 Å². The van der Waals surface area contributed by atoms with Crippen molar-refractivity contribution < 1.29 is 4.42 Å². The molecule has 2 aromatic rings. The molecule has 0 atom stereocenters. The molecule has 0 spiro atoms. The number of aromatic nitrogens is 4. The van der Waals surface area contributed by atoms with Crippen molar-refractivity contribution in [2.75, 3.05) is 0 Å². The molecule has 1 N–H and O–H groups in total. The highest BCUT2D eigenvalue weighted by Crippen LogP contribution is 2.31. The normalized spacial score (nSPS) is 17.2. The predicted molar refractivity (Wildman–Crippen MR) is 67.2 cm³/mol. The quantitative estimate of drug-likeness (QED) is 0.884. The number of H-pyrrole nitrogens is 1. The molecule has 1 fully saturated rings. The molecule has 0 aromatic carbocycles. The SMILES string of the molecule is Cc1nc(C)c(-c2n[nH]c(C3CCCCC3)n2)o1. The van der Waals surface area contributed by atoms with Crippen LogP contribution >= 0.6 is 0 Å². The summed E-state index contributed by atoms with van der Waals surface area (Å²) in [7, 11) is 0. The summed E-state index contributed by atoms with van der Waals surface area (Å²) in [5.74, 6) is 3.51. The van der Waals surface area contributed by atoms with Crippen molar-refractivity contribution in [3.05, 3.63) is 17.4 Å². The minimum atomic E-state index is 0.532. The Hall–Kier alpha value is -1.65. The van der Waals surface area contributed by atoms with Gasteiger partial charge in [0.25, 0.3) is 0 Å². The van der Waals surface area contributed by atoms with Gasteiger partial charge in [-0.25, -0.2) is 9.97 Å². The van der Waals surface area contributed by atoms with Crippen LogP contribution in [0.1, 0.15) is 55.4 Å². The van der Waals surface area contributed by atoms with E-state index < -0.39 is 0 Å². The van der Waals surface area contributed by atoms with Crippen molar-refractivity contribution in [1.29, 1.82) is 0 Å². The van der Waals surface area contributed by atoms with Crippen molar-refractivity contribution in [3.8, 4) is 11.6 Å². The lowest BCUT2D eigenvalue weighted by atomic mass is 9.89. The summed E-state index contributed by atoms with van der Waals surface area (Å²) in [6.07, 6.45) is 6.35. The molecule has 96 valence electrons. The molecule has 0 bridgehead atoms. The van der Waals surface area contributed by atoms with E-state index in [1.54, 1.807) is 0 Å². The third-order valence-corrected chi connectivity index (χ3v) is 3.60. The molecule has 1 aliphatic rings. The maximum atomic E-state index is 5.54. The second-order valence-corrected chi connectivity index (χ2v) is 5.03. The van der Waals surface area contributed by atoms with Crippen LogP contribution in [0.25, 0.3) is 11.6 Å². The highest BCUT2D eigenvalue weighted by molar-refractivity contribution is 5.49. The van der Waals surface area contributed by atoms with Crippen LogP contribution in [0, 0.1) is 13.8 Å². The van der Waals surface area contributed by atoms with E-state index in [1.165, 1.54) is 32.1 Å². The summed E-state index contributed by atoms with van der Waals surface area (Å²) >= 11 is 0. The first-order chi connectivity index (χ1) is 8.74. The largest absolute Gasteiger partial charge is 0.437 e. The third-order valence-electron chi connectivity index (χ3n) is 3.60. The number of oxazole rings is 1. The summed E-state index contributed by atoms with van der Waals surface area (Å²) in [5.41, 5.74) is 0.849. The molecule has 0 unspecified atom stereocenters. The number of rotatable bonds is 2. The molecular weight excluding hydrogens is 228 g/mol. The van der Waals surface area contributed by atoms with Crippen LogP contribution in [0.3, 0.4) is 0 Å². The molecule has 5 heteroatoms. The van der Waals surface area contributed by atoms with E-state index in [4.69, 9.17) is 4.42 Å². The van der Waals surface area contributed by atoms with Crippen molar-refractivity contribution in [2.45, 2.75) is 51.9 Å². The van der Waals surface area contributed by atoms with Crippen LogP contribution in [0.5, 0.6) is 0 Å². The number of hydrogen-bond donors (Lipinski definition) is 1. The molecule has 5 nitrogen and oxygen atoms in total. The van der Waals surface area contributed by atoms with Crippen LogP contribution in [-0.4, -0.2) is 20.2 Å². The van der Waals surface area contributed by atoms with Crippen molar-refractivity contribution in [2.24, 2.45) is 0 Å². The van der Waals surface area contributed by atoms with Crippen LogP contribution in [0.4, 0.5) is 0 Å². The van der Waals surface area contributed by atoms with Gasteiger partial charge in [0.05, 0.1) is 5.69 Å². The summed E-state index contributed by atoms with van der Waals surface area (Å²) in [6, 6.07) is 0. The Kier molecular flexibility index (Phi) is 2.89. The van der Waals surface area contributed by atoms with E-state index in [-0.39, 0.29) is 0 Å². The Morgan fingerprint density at radius 1 is 1.11 bits per heavy atom. The van der Waals surface area contributed by atoms with E-state index in [1.807, 2.05) is 13.8 Å². The second kappa shape index (κ2) is 4.55. The molecule has 1 aliphatic carbocycles. The summed E-state index contributed by atoms with van der Waals surface area (Å²) in [6.45, 7) is 3.76. The first kappa shape index (κ1) is 11.4. The second-order valence-electron chi connectivity index (χ2n) is 5.03. The summed E-state index contributed by atoms with van der Waals surface area (Å²) < 4.78 is 5.54. The fourth-order valence-corrected chi connectivity index (χ4v) is 2.67. The topological polar surface area (TPSA) is 67.6 Å². The van der Waals surface area contributed by atoms with Gasteiger partial charge in [0.15, 0.2) is 11.7 Å². The van der Waals surface area contributed by atoms with Crippen LogP contribution in [0.2, 0.25) is 0 Å². The zero-order valence-corrected chi connectivity index (χ0v) is 10.9. The minimum absolute atomic E-state index is 0.532. The lowest BCUT2D eigenvalue weighted by Crippen LogP contribution is -2.06. The monoisotopic (exact) mass is 246 g/mol. The molecule has 0 aliphatic heterocycles. The van der Waals surface area contributed by atoms with E-state index in [9.17, 15) is 0 Å². The molecule has 0 amide bonds. The van der Waals surface area contributed by atoms with Gasteiger partial charge in [-0.2, -0.15) is 0 Å². The zero-order chi connectivity index (χ0) is 12.5. The van der Waals surface area contributed by atoms with Gasteiger partial charge in [-0.05, 0) is 19.8 Å². The van der Waals surface area contributed by atoms with E-state index in [0.717, 1.165) is 11.5 Å². The Morgan fingerprint density at radius 2 is 1.89 bits per heavy atom. The summed E-state index contributed by atoms with van der Waals surface area (Å²) in [5, 5.41) is 7.33. The number of hydrogen-bond acceptors (Lipinski definition) is 4. The Morgan fingerprint density at radius 3 is 2.56 bits per heavy atom. The average Bonchev–Trinajstić information content (AvgIpc) is 2.97. The fourth-order valence-electron chi connectivity index (χ4n) is 2.67. The molecule has 2 heterocycles. The van der Waals surface area contributed by atoms with E-state index >= 15 is 0 Å². The molecule has 3 rings (SSSR count). The summed E-state index contributed by atoms with van der Waals surface area (Å²) in [4.78, 5) is 8.83. The Balaban J connectivity index is 1.86.